The fraction of sp³-hybridized carbons (Fsp3) is 0.286. The number of methoxy groups -OCH3 is 1. The first kappa shape index (κ1) is 17.8. The van der Waals surface area contributed by atoms with E-state index in [1.165, 1.54) is 5.56 Å². The molecule has 24 heavy (non-hydrogen) atoms. The lowest BCUT2D eigenvalue weighted by atomic mass is 9.76. The summed E-state index contributed by atoms with van der Waals surface area (Å²) in [6.07, 6.45) is 4.19. The largest absolute Gasteiger partial charge is 0.481 e. The first-order valence-electron chi connectivity index (χ1n) is 7.95. The molecule has 0 bridgehead atoms. The molecule has 0 spiro atoms. The molecule has 1 saturated heterocycles. The van der Waals surface area contributed by atoms with E-state index in [2.05, 4.69) is 43.8 Å². The third-order valence-electron chi connectivity index (χ3n) is 4.59. The van der Waals surface area contributed by atoms with Gasteiger partial charge >= 0.3 is 0 Å². The van der Waals surface area contributed by atoms with E-state index in [4.69, 9.17) is 9.47 Å². The fourth-order valence-corrected chi connectivity index (χ4v) is 3.05. The van der Waals surface area contributed by atoms with Crippen molar-refractivity contribution >= 4 is 5.90 Å². The minimum absolute atomic E-state index is 0.0939. The van der Waals surface area contributed by atoms with E-state index < -0.39 is 5.60 Å². The highest BCUT2D eigenvalue weighted by Gasteiger charge is 2.47. The summed E-state index contributed by atoms with van der Waals surface area (Å²) < 4.78 is 11.6. The van der Waals surface area contributed by atoms with E-state index in [9.17, 15) is 0 Å². The Labute approximate surface area is 144 Å². The first-order chi connectivity index (χ1) is 11.5. The second kappa shape index (κ2) is 7.35. The number of benzene rings is 1. The summed E-state index contributed by atoms with van der Waals surface area (Å²) in [7, 11) is 3.26. The molecule has 0 aromatic heterocycles. The van der Waals surface area contributed by atoms with Crippen LogP contribution in [0.3, 0.4) is 0 Å². The molecular formula is C21H25NO2. The molecule has 2 rings (SSSR count). The van der Waals surface area contributed by atoms with Crippen molar-refractivity contribution in [2.75, 3.05) is 14.2 Å². The van der Waals surface area contributed by atoms with Crippen molar-refractivity contribution in [1.29, 1.82) is 0 Å². The second-order valence-electron chi connectivity index (χ2n) is 5.91. The number of allylic oxidation sites excluding steroid dienone is 1. The topological polar surface area (TPSA) is 30.8 Å². The highest BCUT2D eigenvalue weighted by Crippen LogP contribution is 2.49. The van der Waals surface area contributed by atoms with Crippen LogP contribution < -0.4 is 0 Å². The molecular weight excluding hydrogens is 298 g/mol. The van der Waals surface area contributed by atoms with E-state index in [0.29, 0.717) is 18.1 Å². The maximum absolute atomic E-state index is 6.39. The van der Waals surface area contributed by atoms with Gasteiger partial charge in [0.05, 0.1) is 7.11 Å². The fourth-order valence-electron chi connectivity index (χ4n) is 3.05. The second-order valence-corrected chi connectivity index (χ2v) is 5.91. The minimum atomic E-state index is -0.599. The molecule has 3 nitrogen and oxygen atoms in total. The van der Waals surface area contributed by atoms with E-state index in [1.807, 2.05) is 18.2 Å². The Morgan fingerprint density at radius 3 is 2.58 bits per heavy atom. The van der Waals surface area contributed by atoms with Gasteiger partial charge in [0.2, 0.25) is 5.90 Å². The first-order valence-corrected chi connectivity index (χ1v) is 7.95. The summed E-state index contributed by atoms with van der Waals surface area (Å²) in [5, 5.41) is 0. The van der Waals surface area contributed by atoms with Crippen LogP contribution in [0.25, 0.3) is 0 Å². The summed E-state index contributed by atoms with van der Waals surface area (Å²) >= 11 is 0. The Morgan fingerprint density at radius 2 is 2.04 bits per heavy atom. The molecule has 0 saturated carbocycles. The van der Waals surface area contributed by atoms with Crippen molar-refractivity contribution in [2.24, 2.45) is 4.99 Å². The third-order valence-corrected chi connectivity index (χ3v) is 4.59. The van der Waals surface area contributed by atoms with Crippen molar-refractivity contribution in [3.63, 3.8) is 0 Å². The molecule has 1 aromatic carbocycles. The Balaban J connectivity index is 2.46. The SMILES string of the molecule is C=CC(=C)C1(C(C)c2ccccc2)CC(=C)/C(=C\C(=NC)OC)O1. The number of aliphatic imine (C=N–C) groups is 1. The average molecular weight is 323 g/mol. The molecule has 0 N–H and O–H groups in total. The molecule has 2 unspecified atom stereocenters. The molecule has 1 heterocycles. The van der Waals surface area contributed by atoms with Crippen molar-refractivity contribution in [3.05, 3.63) is 84.7 Å². The van der Waals surface area contributed by atoms with Crippen LogP contribution in [0.5, 0.6) is 0 Å². The molecule has 2 atom stereocenters. The Bertz CT molecular complexity index is 700. The van der Waals surface area contributed by atoms with E-state index in [1.54, 1.807) is 26.3 Å². The van der Waals surface area contributed by atoms with Crippen LogP contribution in [0.1, 0.15) is 24.8 Å². The summed E-state index contributed by atoms with van der Waals surface area (Å²) in [6, 6.07) is 10.3. The van der Waals surface area contributed by atoms with Crippen LogP contribution >= 0.6 is 0 Å². The van der Waals surface area contributed by atoms with Crippen LogP contribution in [0.4, 0.5) is 0 Å². The van der Waals surface area contributed by atoms with E-state index in [-0.39, 0.29) is 5.92 Å². The van der Waals surface area contributed by atoms with Crippen molar-refractivity contribution < 1.29 is 9.47 Å². The maximum Gasteiger partial charge on any atom is 0.211 e. The summed E-state index contributed by atoms with van der Waals surface area (Å²) in [5.74, 6) is 1.28. The van der Waals surface area contributed by atoms with Gasteiger partial charge < -0.3 is 9.47 Å². The predicted molar refractivity (Wildman–Crippen MR) is 100 cm³/mol. The molecule has 1 aromatic rings. The van der Waals surface area contributed by atoms with Gasteiger partial charge in [-0.15, -0.1) is 0 Å². The lowest BCUT2D eigenvalue weighted by Gasteiger charge is -2.35. The Hall–Kier alpha value is -2.55. The van der Waals surface area contributed by atoms with E-state index in [0.717, 1.165) is 11.1 Å². The quantitative estimate of drug-likeness (QED) is 0.442. The Kier molecular flexibility index (Phi) is 5.45. The zero-order valence-electron chi connectivity index (χ0n) is 14.7. The van der Waals surface area contributed by atoms with Gasteiger partial charge in [0.15, 0.2) is 0 Å². The van der Waals surface area contributed by atoms with Gasteiger partial charge in [-0.3, -0.25) is 4.99 Å². The molecule has 1 fully saturated rings. The highest BCUT2D eigenvalue weighted by molar-refractivity contribution is 5.88. The van der Waals surface area contributed by atoms with Crippen LogP contribution in [0.2, 0.25) is 0 Å². The Morgan fingerprint density at radius 1 is 1.38 bits per heavy atom. The van der Waals surface area contributed by atoms with Crippen LogP contribution in [-0.4, -0.2) is 25.7 Å². The van der Waals surface area contributed by atoms with Gasteiger partial charge in [0.25, 0.3) is 0 Å². The zero-order valence-corrected chi connectivity index (χ0v) is 14.7. The molecule has 1 aliphatic rings. The monoisotopic (exact) mass is 323 g/mol. The lowest BCUT2D eigenvalue weighted by molar-refractivity contribution is 0.0562. The van der Waals surface area contributed by atoms with Crippen LogP contribution in [0.15, 0.2) is 84.1 Å². The third kappa shape index (κ3) is 3.21. The van der Waals surface area contributed by atoms with Gasteiger partial charge in [-0.1, -0.05) is 63.1 Å². The summed E-state index contributed by atoms with van der Waals surface area (Å²) in [6.45, 7) is 14.4. The highest BCUT2D eigenvalue weighted by atomic mass is 16.5. The number of hydrogen-bond donors (Lipinski definition) is 0. The number of ether oxygens (including phenoxy) is 2. The molecule has 0 aliphatic carbocycles. The normalized spacial score (nSPS) is 23.7. The van der Waals surface area contributed by atoms with Gasteiger partial charge in [0, 0.05) is 25.5 Å². The van der Waals surface area contributed by atoms with Gasteiger partial charge in [-0.2, -0.15) is 0 Å². The van der Waals surface area contributed by atoms with Crippen molar-refractivity contribution in [2.45, 2.75) is 24.9 Å². The van der Waals surface area contributed by atoms with Gasteiger partial charge in [0.1, 0.15) is 11.4 Å². The molecule has 1 aliphatic heterocycles. The molecule has 0 radical (unpaired) electrons. The predicted octanol–water partition coefficient (Wildman–Crippen LogP) is 4.81. The minimum Gasteiger partial charge on any atom is -0.481 e. The summed E-state index contributed by atoms with van der Waals surface area (Å²) in [5.41, 5.74) is 2.33. The average Bonchev–Trinajstić information content (AvgIpc) is 2.96. The maximum atomic E-state index is 6.39. The van der Waals surface area contributed by atoms with Crippen molar-refractivity contribution in [3.8, 4) is 0 Å². The standard InChI is InChI=1S/C21H25NO2/c1-7-16(3)21(17(4)18-11-9-8-10-12-18)14-15(2)19(24-21)13-20(22-5)23-6/h7-13,17H,1-3,14H2,4-6H3/b19-13+,22-20?. The number of hydrogen-bond acceptors (Lipinski definition) is 3. The lowest BCUT2D eigenvalue weighted by Crippen LogP contribution is -2.35. The summed E-state index contributed by atoms with van der Waals surface area (Å²) in [4.78, 5) is 4.07. The smallest absolute Gasteiger partial charge is 0.211 e. The van der Waals surface area contributed by atoms with Gasteiger partial charge in [-0.05, 0) is 16.7 Å². The molecule has 3 heteroatoms. The molecule has 0 amide bonds. The van der Waals surface area contributed by atoms with E-state index >= 15 is 0 Å². The molecule has 126 valence electrons. The van der Waals surface area contributed by atoms with Crippen LogP contribution in [0, 0.1) is 0 Å². The van der Waals surface area contributed by atoms with Crippen LogP contribution in [-0.2, 0) is 9.47 Å². The van der Waals surface area contributed by atoms with Crippen molar-refractivity contribution in [1.82, 2.24) is 0 Å². The number of nitrogens with zero attached hydrogens (tertiary/aromatic N) is 1. The number of rotatable bonds is 5. The zero-order chi connectivity index (χ0) is 17.7. The van der Waals surface area contributed by atoms with Gasteiger partial charge in [-0.25, -0.2) is 0 Å².